The van der Waals surface area contributed by atoms with Gasteiger partial charge in [-0.25, -0.2) is 4.39 Å². The molecule has 0 atom stereocenters. The van der Waals surface area contributed by atoms with Gasteiger partial charge in [-0.2, -0.15) is 0 Å². The molecule has 2 amide bonds. The van der Waals surface area contributed by atoms with E-state index in [4.69, 9.17) is 5.11 Å². The van der Waals surface area contributed by atoms with Gasteiger partial charge < -0.3 is 15.7 Å². The lowest BCUT2D eigenvalue weighted by atomic mass is 10.2. The molecule has 3 N–H and O–H groups in total. The van der Waals surface area contributed by atoms with E-state index >= 15 is 0 Å². The van der Waals surface area contributed by atoms with Crippen LogP contribution in [0.3, 0.4) is 0 Å². The smallest absolute Gasteiger partial charge is 0.233 e. The second kappa shape index (κ2) is 6.71. The molecule has 2 rings (SSSR count). The zero-order chi connectivity index (χ0) is 16.1. The zero-order valence-electron chi connectivity index (χ0n) is 11.9. The van der Waals surface area contributed by atoms with E-state index in [1.54, 1.807) is 12.1 Å². The zero-order valence-corrected chi connectivity index (χ0v) is 11.9. The summed E-state index contributed by atoms with van der Waals surface area (Å²) < 4.78 is 13.1. The molecule has 0 aromatic heterocycles. The van der Waals surface area contributed by atoms with Crippen molar-refractivity contribution in [3.8, 4) is 5.75 Å². The Morgan fingerprint density at radius 1 is 1.00 bits per heavy atom. The molecule has 114 valence electrons. The first-order chi connectivity index (χ1) is 10.4. The number of anilines is 2. The van der Waals surface area contributed by atoms with Gasteiger partial charge in [0.05, 0.1) is 0 Å². The Labute approximate surface area is 126 Å². The highest BCUT2D eigenvalue weighted by molar-refractivity contribution is 6.08. The Hall–Kier alpha value is -2.89. The van der Waals surface area contributed by atoms with Gasteiger partial charge in [0.1, 0.15) is 6.42 Å². The summed E-state index contributed by atoms with van der Waals surface area (Å²) in [7, 11) is 0. The number of rotatable bonds is 4. The fraction of sp³-hybridized carbons (Fsp3) is 0.125. The van der Waals surface area contributed by atoms with Crippen LogP contribution in [0.2, 0.25) is 0 Å². The molecule has 0 fully saturated rings. The van der Waals surface area contributed by atoms with Gasteiger partial charge in [-0.3, -0.25) is 9.59 Å². The van der Waals surface area contributed by atoms with Crippen LogP contribution in [-0.4, -0.2) is 16.9 Å². The molecule has 6 heteroatoms. The minimum absolute atomic E-state index is 0.170. The molecule has 0 saturated heterocycles. The van der Waals surface area contributed by atoms with Crippen molar-refractivity contribution < 1.29 is 19.1 Å². The fourth-order valence-electron chi connectivity index (χ4n) is 1.78. The number of aromatic hydroxyl groups is 1. The summed E-state index contributed by atoms with van der Waals surface area (Å²) >= 11 is 0. The number of phenols is 1. The second-order valence-corrected chi connectivity index (χ2v) is 4.81. The SMILES string of the molecule is Cc1ccc(NC(=O)CC(=O)Nc2ccc(O)c(F)c2)cc1. The van der Waals surface area contributed by atoms with E-state index in [0.717, 1.165) is 17.7 Å². The normalized spacial score (nSPS) is 10.1. The van der Waals surface area contributed by atoms with Crippen molar-refractivity contribution in [3.05, 3.63) is 53.8 Å². The van der Waals surface area contributed by atoms with Gasteiger partial charge in [-0.1, -0.05) is 17.7 Å². The number of nitrogens with one attached hydrogen (secondary N) is 2. The molecule has 5 nitrogen and oxygen atoms in total. The van der Waals surface area contributed by atoms with Crippen LogP contribution in [0.1, 0.15) is 12.0 Å². The Morgan fingerprint density at radius 3 is 2.14 bits per heavy atom. The molecule has 22 heavy (non-hydrogen) atoms. The predicted octanol–water partition coefficient (Wildman–Crippen LogP) is 2.81. The fourth-order valence-corrected chi connectivity index (χ4v) is 1.78. The van der Waals surface area contributed by atoms with E-state index in [9.17, 15) is 14.0 Å². The van der Waals surface area contributed by atoms with Crippen molar-refractivity contribution in [2.45, 2.75) is 13.3 Å². The van der Waals surface area contributed by atoms with E-state index in [2.05, 4.69) is 10.6 Å². The van der Waals surface area contributed by atoms with Crippen LogP contribution in [0.25, 0.3) is 0 Å². The topological polar surface area (TPSA) is 78.4 Å². The number of benzene rings is 2. The molecule has 2 aromatic carbocycles. The van der Waals surface area contributed by atoms with E-state index in [-0.39, 0.29) is 5.69 Å². The summed E-state index contributed by atoms with van der Waals surface area (Å²) in [5.74, 6) is -2.40. The lowest BCUT2D eigenvalue weighted by Gasteiger charge is -2.07. The third-order valence-electron chi connectivity index (χ3n) is 2.89. The van der Waals surface area contributed by atoms with Crippen molar-refractivity contribution >= 4 is 23.2 Å². The minimum atomic E-state index is -0.845. The second-order valence-electron chi connectivity index (χ2n) is 4.81. The average Bonchev–Trinajstić information content (AvgIpc) is 2.45. The summed E-state index contributed by atoms with van der Waals surface area (Å²) in [5, 5.41) is 14.0. The number of halogens is 1. The Kier molecular flexibility index (Phi) is 4.73. The van der Waals surface area contributed by atoms with Crippen LogP contribution in [-0.2, 0) is 9.59 Å². The maximum atomic E-state index is 13.1. The van der Waals surface area contributed by atoms with Crippen LogP contribution in [0.5, 0.6) is 5.75 Å². The highest BCUT2D eigenvalue weighted by Crippen LogP contribution is 2.19. The molecule has 0 aliphatic rings. The summed E-state index contributed by atoms with van der Waals surface area (Å²) in [4.78, 5) is 23.4. The Balaban J connectivity index is 1.89. The van der Waals surface area contributed by atoms with E-state index < -0.39 is 29.8 Å². The number of hydrogen-bond acceptors (Lipinski definition) is 3. The van der Waals surface area contributed by atoms with Crippen LogP contribution in [0.4, 0.5) is 15.8 Å². The first-order valence-corrected chi connectivity index (χ1v) is 6.59. The Morgan fingerprint density at radius 2 is 1.55 bits per heavy atom. The molecule has 0 bridgehead atoms. The van der Waals surface area contributed by atoms with Crippen LogP contribution in [0.15, 0.2) is 42.5 Å². The lowest BCUT2D eigenvalue weighted by Crippen LogP contribution is -2.21. The van der Waals surface area contributed by atoms with Crippen LogP contribution >= 0.6 is 0 Å². The number of phenolic OH excluding ortho intramolecular Hbond substituents is 1. The van der Waals surface area contributed by atoms with Gasteiger partial charge in [-0.15, -0.1) is 0 Å². The summed E-state index contributed by atoms with van der Waals surface area (Å²) in [6.45, 7) is 1.93. The van der Waals surface area contributed by atoms with Gasteiger partial charge in [-0.05, 0) is 31.2 Å². The van der Waals surface area contributed by atoms with Crippen LogP contribution in [0, 0.1) is 12.7 Å². The molecule has 0 unspecified atom stereocenters. The molecule has 0 spiro atoms. The predicted molar refractivity (Wildman–Crippen MR) is 81.1 cm³/mol. The highest BCUT2D eigenvalue weighted by atomic mass is 19.1. The molecular formula is C16H15FN2O3. The summed E-state index contributed by atoms with van der Waals surface area (Å²) in [5.41, 5.74) is 1.83. The maximum Gasteiger partial charge on any atom is 0.233 e. The summed E-state index contributed by atoms with van der Waals surface area (Å²) in [6, 6.07) is 10.6. The third kappa shape index (κ3) is 4.31. The highest BCUT2D eigenvalue weighted by Gasteiger charge is 2.11. The number of carbonyl (C=O) groups is 2. The quantitative estimate of drug-likeness (QED) is 0.600. The van der Waals surface area contributed by atoms with E-state index in [0.29, 0.717) is 5.69 Å². The monoisotopic (exact) mass is 302 g/mol. The molecule has 0 heterocycles. The van der Waals surface area contributed by atoms with Crippen molar-refractivity contribution in [1.82, 2.24) is 0 Å². The molecule has 0 radical (unpaired) electrons. The van der Waals surface area contributed by atoms with Gasteiger partial charge in [0.15, 0.2) is 11.6 Å². The number of hydrogen-bond donors (Lipinski definition) is 3. The van der Waals surface area contributed by atoms with Gasteiger partial charge >= 0.3 is 0 Å². The maximum absolute atomic E-state index is 13.1. The molecule has 0 aliphatic carbocycles. The average molecular weight is 302 g/mol. The number of amides is 2. The van der Waals surface area contributed by atoms with Crippen molar-refractivity contribution in [2.75, 3.05) is 10.6 Å². The Bertz CT molecular complexity index is 699. The van der Waals surface area contributed by atoms with Gasteiger partial charge in [0.25, 0.3) is 0 Å². The van der Waals surface area contributed by atoms with Gasteiger partial charge in [0, 0.05) is 17.4 Å². The standard InChI is InChI=1S/C16H15FN2O3/c1-10-2-4-11(5-3-10)18-15(21)9-16(22)19-12-6-7-14(20)13(17)8-12/h2-8,20H,9H2,1H3,(H,18,21)(H,19,22). The molecule has 0 saturated carbocycles. The number of carbonyl (C=O) groups excluding carboxylic acids is 2. The van der Waals surface area contributed by atoms with E-state index in [1.807, 2.05) is 19.1 Å². The summed E-state index contributed by atoms with van der Waals surface area (Å²) in [6.07, 6.45) is -0.392. The van der Waals surface area contributed by atoms with Gasteiger partial charge in [0.2, 0.25) is 11.8 Å². The molecule has 0 aliphatic heterocycles. The minimum Gasteiger partial charge on any atom is -0.505 e. The molecular weight excluding hydrogens is 287 g/mol. The van der Waals surface area contributed by atoms with Crippen LogP contribution < -0.4 is 10.6 Å². The van der Waals surface area contributed by atoms with Crippen molar-refractivity contribution in [3.63, 3.8) is 0 Å². The lowest BCUT2D eigenvalue weighted by molar-refractivity contribution is -0.123. The van der Waals surface area contributed by atoms with Crippen molar-refractivity contribution in [1.29, 1.82) is 0 Å². The molecule has 2 aromatic rings. The van der Waals surface area contributed by atoms with E-state index in [1.165, 1.54) is 6.07 Å². The number of aryl methyl sites for hydroxylation is 1. The first kappa shape index (κ1) is 15.5. The third-order valence-corrected chi connectivity index (χ3v) is 2.89. The largest absolute Gasteiger partial charge is 0.505 e. The first-order valence-electron chi connectivity index (χ1n) is 6.59. The van der Waals surface area contributed by atoms with Crippen molar-refractivity contribution in [2.24, 2.45) is 0 Å².